The summed E-state index contributed by atoms with van der Waals surface area (Å²) < 4.78 is 16.0. The Labute approximate surface area is 91.7 Å². The molecule has 0 fully saturated rings. The molecule has 0 aliphatic heterocycles. The van der Waals surface area contributed by atoms with Crippen LogP contribution < -0.4 is 11.3 Å². The third-order valence-electron chi connectivity index (χ3n) is 2.65. The molecule has 4 nitrogen and oxygen atoms in total. The van der Waals surface area contributed by atoms with Crippen LogP contribution in [0.2, 0.25) is 0 Å². The van der Waals surface area contributed by atoms with Crippen LogP contribution in [0.3, 0.4) is 0 Å². The summed E-state index contributed by atoms with van der Waals surface area (Å²) in [7, 11) is 1.71. The van der Waals surface area contributed by atoms with Crippen molar-refractivity contribution in [3.05, 3.63) is 46.1 Å². The van der Waals surface area contributed by atoms with Crippen LogP contribution in [0.4, 0.5) is 10.1 Å². The molecule has 0 unspecified atom stereocenters. The van der Waals surface area contributed by atoms with Gasteiger partial charge >= 0.3 is 0 Å². The highest BCUT2D eigenvalue weighted by molar-refractivity contribution is 5.44. The van der Waals surface area contributed by atoms with Crippen molar-refractivity contribution in [2.45, 2.75) is 6.92 Å². The Morgan fingerprint density at radius 1 is 1.38 bits per heavy atom. The summed E-state index contributed by atoms with van der Waals surface area (Å²) in [6.07, 6.45) is 0. The van der Waals surface area contributed by atoms with Gasteiger partial charge in [-0.2, -0.15) is 0 Å². The Morgan fingerprint density at radius 3 is 2.56 bits per heavy atom. The van der Waals surface area contributed by atoms with E-state index in [4.69, 9.17) is 5.73 Å². The van der Waals surface area contributed by atoms with Crippen molar-refractivity contribution in [3.63, 3.8) is 0 Å². The maximum atomic E-state index is 13.1. The molecule has 1 heterocycles. The lowest BCUT2D eigenvalue weighted by Crippen LogP contribution is -2.20. The zero-order valence-corrected chi connectivity index (χ0v) is 9.07. The second-order valence-corrected chi connectivity index (χ2v) is 3.62. The molecule has 0 saturated heterocycles. The summed E-state index contributed by atoms with van der Waals surface area (Å²) in [6, 6.07) is 5.83. The molecular formula is C11H12FN3O. The number of hydrogen-bond donors (Lipinski definition) is 1. The number of aromatic nitrogens is 2. The van der Waals surface area contributed by atoms with Gasteiger partial charge in [-0.1, -0.05) is 6.07 Å². The monoisotopic (exact) mass is 221 g/mol. The molecule has 0 aliphatic rings. The predicted molar refractivity (Wildman–Crippen MR) is 60.1 cm³/mol. The van der Waals surface area contributed by atoms with E-state index in [-0.39, 0.29) is 17.1 Å². The average Bonchev–Trinajstić information content (AvgIpc) is 2.44. The molecule has 1 aromatic carbocycles. The van der Waals surface area contributed by atoms with Crippen molar-refractivity contribution < 1.29 is 4.39 Å². The molecule has 1 aromatic heterocycles. The fraction of sp³-hybridized carbons (Fsp3) is 0.182. The second-order valence-electron chi connectivity index (χ2n) is 3.62. The number of rotatable bonds is 1. The van der Waals surface area contributed by atoms with E-state index in [1.165, 1.54) is 16.8 Å². The zero-order chi connectivity index (χ0) is 11.9. The Morgan fingerprint density at radius 2 is 2.06 bits per heavy atom. The maximum Gasteiger partial charge on any atom is 0.294 e. The Kier molecular flexibility index (Phi) is 2.30. The second kappa shape index (κ2) is 3.52. The molecule has 0 radical (unpaired) electrons. The van der Waals surface area contributed by atoms with E-state index < -0.39 is 0 Å². The van der Waals surface area contributed by atoms with Gasteiger partial charge in [0.05, 0.1) is 11.4 Å². The SMILES string of the molecule is Cc1c(N)c(=O)n(-c2cccc(F)c2)n1C. The number of halogens is 1. The molecule has 0 aliphatic carbocycles. The minimum atomic E-state index is -0.387. The lowest BCUT2D eigenvalue weighted by atomic mass is 10.3. The van der Waals surface area contributed by atoms with Crippen LogP contribution in [-0.2, 0) is 7.05 Å². The molecule has 84 valence electrons. The van der Waals surface area contributed by atoms with E-state index in [9.17, 15) is 9.18 Å². The van der Waals surface area contributed by atoms with Gasteiger partial charge < -0.3 is 5.73 Å². The van der Waals surface area contributed by atoms with Gasteiger partial charge in [-0.25, -0.2) is 9.07 Å². The first kappa shape index (κ1) is 10.5. The predicted octanol–water partition coefficient (Wildman–Crippen LogP) is 1.21. The fourth-order valence-corrected chi connectivity index (χ4v) is 1.63. The normalized spacial score (nSPS) is 10.7. The van der Waals surface area contributed by atoms with Gasteiger partial charge in [0.2, 0.25) is 0 Å². The van der Waals surface area contributed by atoms with E-state index in [1.54, 1.807) is 30.8 Å². The summed E-state index contributed by atoms with van der Waals surface area (Å²) in [4.78, 5) is 11.8. The van der Waals surface area contributed by atoms with Crippen LogP contribution in [0, 0.1) is 12.7 Å². The largest absolute Gasteiger partial charge is 0.393 e. The van der Waals surface area contributed by atoms with Crippen molar-refractivity contribution in [2.24, 2.45) is 7.05 Å². The number of nitrogens with zero attached hydrogens (tertiary/aromatic N) is 2. The molecule has 16 heavy (non-hydrogen) atoms. The molecular weight excluding hydrogens is 209 g/mol. The zero-order valence-electron chi connectivity index (χ0n) is 9.07. The van der Waals surface area contributed by atoms with Crippen LogP contribution in [0.1, 0.15) is 5.69 Å². The van der Waals surface area contributed by atoms with E-state index in [0.29, 0.717) is 11.4 Å². The molecule has 2 N–H and O–H groups in total. The first-order valence-electron chi connectivity index (χ1n) is 4.82. The van der Waals surface area contributed by atoms with Gasteiger partial charge in [-0.15, -0.1) is 0 Å². The van der Waals surface area contributed by atoms with Crippen LogP contribution in [0.25, 0.3) is 5.69 Å². The summed E-state index contributed by atoms with van der Waals surface area (Å²) >= 11 is 0. The maximum absolute atomic E-state index is 13.1. The lowest BCUT2D eigenvalue weighted by Gasteiger charge is -2.07. The molecule has 0 spiro atoms. The molecule has 0 bridgehead atoms. The topological polar surface area (TPSA) is 53.0 Å². The molecule has 0 amide bonds. The van der Waals surface area contributed by atoms with Crippen molar-refractivity contribution >= 4 is 5.69 Å². The van der Waals surface area contributed by atoms with E-state index in [1.807, 2.05) is 0 Å². The van der Waals surface area contributed by atoms with Crippen molar-refractivity contribution in [1.29, 1.82) is 0 Å². The van der Waals surface area contributed by atoms with Crippen LogP contribution in [0.5, 0.6) is 0 Å². The van der Waals surface area contributed by atoms with Gasteiger partial charge in [0.25, 0.3) is 5.56 Å². The first-order chi connectivity index (χ1) is 7.52. The third kappa shape index (κ3) is 1.41. The highest BCUT2D eigenvalue weighted by Gasteiger charge is 2.13. The van der Waals surface area contributed by atoms with Crippen molar-refractivity contribution in [3.8, 4) is 5.69 Å². The van der Waals surface area contributed by atoms with Crippen LogP contribution in [0.15, 0.2) is 29.1 Å². The van der Waals surface area contributed by atoms with Gasteiger partial charge in [-0.05, 0) is 25.1 Å². The molecule has 2 aromatic rings. The number of nitrogens with two attached hydrogens (primary N) is 1. The summed E-state index contributed by atoms with van der Waals surface area (Å²) in [5, 5.41) is 0. The van der Waals surface area contributed by atoms with E-state index in [2.05, 4.69) is 0 Å². The first-order valence-corrected chi connectivity index (χ1v) is 4.82. The average molecular weight is 221 g/mol. The standard InChI is InChI=1S/C11H12FN3O/c1-7-10(13)11(16)15(14(7)2)9-5-3-4-8(12)6-9/h3-6H,13H2,1-2H3. The quantitative estimate of drug-likeness (QED) is 0.786. The number of hydrogen-bond acceptors (Lipinski definition) is 2. The number of benzene rings is 1. The molecule has 0 saturated carbocycles. The Balaban J connectivity index is 2.75. The van der Waals surface area contributed by atoms with Gasteiger partial charge in [0.15, 0.2) is 0 Å². The molecule has 0 atom stereocenters. The van der Waals surface area contributed by atoms with Crippen LogP contribution in [-0.4, -0.2) is 9.36 Å². The fourth-order valence-electron chi connectivity index (χ4n) is 1.63. The molecule has 2 rings (SSSR count). The van der Waals surface area contributed by atoms with Gasteiger partial charge in [0, 0.05) is 7.05 Å². The Hall–Kier alpha value is -2.04. The Bertz CT molecular complexity index is 598. The smallest absolute Gasteiger partial charge is 0.294 e. The van der Waals surface area contributed by atoms with Gasteiger partial charge in [0.1, 0.15) is 11.5 Å². The summed E-state index contributed by atoms with van der Waals surface area (Å²) in [6.45, 7) is 1.74. The third-order valence-corrected chi connectivity index (χ3v) is 2.65. The van der Waals surface area contributed by atoms with Crippen molar-refractivity contribution in [2.75, 3.05) is 5.73 Å². The minimum absolute atomic E-state index is 0.187. The van der Waals surface area contributed by atoms with Gasteiger partial charge in [-0.3, -0.25) is 9.48 Å². The number of nitrogen functional groups attached to an aromatic ring is 1. The highest BCUT2D eigenvalue weighted by Crippen LogP contribution is 2.12. The van der Waals surface area contributed by atoms with E-state index in [0.717, 1.165) is 0 Å². The minimum Gasteiger partial charge on any atom is -0.393 e. The highest BCUT2D eigenvalue weighted by atomic mass is 19.1. The van der Waals surface area contributed by atoms with E-state index >= 15 is 0 Å². The lowest BCUT2D eigenvalue weighted by molar-refractivity contribution is 0.606. The summed E-state index contributed by atoms with van der Waals surface area (Å²) in [5.74, 6) is -0.387. The summed E-state index contributed by atoms with van der Waals surface area (Å²) in [5.41, 5.74) is 6.62. The number of anilines is 1. The van der Waals surface area contributed by atoms with Crippen molar-refractivity contribution in [1.82, 2.24) is 9.36 Å². The molecule has 5 heteroatoms. The van der Waals surface area contributed by atoms with Crippen LogP contribution >= 0.6 is 0 Å².